The standard InChI is InChI=1S/C22H23N3O3/c1-24(17-9-11-23-12-10-17)20(26)16-6-4-5-15(13-16)14-25-21(27)18-7-2-3-8-19(18)22(25)28/h2-8,13,17,23H,9-12,14H2,1H3. The number of hydrogen-bond acceptors (Lipinski definition) is 4. The summed E-state index contributed by atoms with van der Waals surface area (Å²) >= 11 is 0. The maximum atomic E-state index is 12.9. The van der Waals surface area contributed by atoms with E-state index >= 15 is 0 Å². The number of benzene rings is 2. The summed E-state index contributed by atoms with van der Waals surface area (Å²) in [6.07, 6.45) is 1.88. The molecule has 0 spiro atoms. The van der Waals surface area contributed by atoms with Gasteiger partial charge in [-0.05, 0) is 55.8 Å². The first kappa shape index (κ1) is 18.4. The molecule has 1 fully saturated rings. The molecule has 0 radical (unpaired) electrons. The van der Waals surface area contributed by atoms with Gasteiger partial charge < -0.3 is 10.2 Å². The number of rotatable bonds is 4. The molecule has 28 heavy (non-hydrogen) atoms. The topological polar surface area (TPSA) is 69.7 Å². The second kappa shape index (κ2) is 7.56. The molecule has 1 N–H and O–H groups in total. The van der Waals surface area contributed by atoms with Crippen molar-refractivity contribution in [1.82, 2.24) is 15.1 Å². The third-order valence-electron chi connectivity index (χ3n) is 5.57. The number of carbonyl (C=O) groups excluding carboxylic acids is 3. The number of imide groups is 1. The van der Waals surface area contributed by atoms with Crippen LogP contribution in [0.5, 0.6) is 0 Å². The summed E-state index contributed by atoms with van der Waals surface area (Å²) in [5.41, 5.74) is 2.21. The predicted octanol–water partition coefficient (Wildman–Crippen LogP) is 2.31. The average Bonchev–Trinajstić information content (AvgIpc) is 2.98. The van der Waals surface area contributed by atoms with E-state index < -0.39 is 0 Å². The Morgan fingerprint density at radius 3 is 2.32 bits per heavy atom. The molecular weight excluding hydrogens is 354 g/mol. The van der Waals surface area contributed by atoms with Crippen LogP contribution in [0.1, 0.15) is 49.5 Å². The van der Waals surface area contributed by atoms with Gasteiger partial charge in [0.2, 0.25) is 0 Å². The quantitative estimate of drug-likeness (QED) is 0.830. The number of nitrogens with zero attached hydrogens (tertiary/aromatic N) is 2. The van der Waals surface area contributed by atoms with E-state index in [2.05, 4.69) is 5.32 Å². The van der Waals surface area contributed by atoms with E-state index in [1.165, 1.54) is 4.90 Å². The van der Waals surface area contributed by atoms with Gasteiger partial charge in [0.1, 0.15) is 0 Å². The number of hydrogen-bond donors (Lipinski definition) is 1. The van der Waals surface area contributed by atoms with Crippen LogP contribution >= 0.6 is 0 Å². The number of fused-ring (bicyclic) bond motifs is 1. The number of nitrogens with one attached hydrogen (secondary N) is 1. The first-order valence-electron chi connectivity index (χ1n) is 9.58. The molecule has 2 aromatic carbocycles. The van der Waals surface area contributed by atoms with Gasteiger partial charge in [-0.15, -0.1) is 0 Å². The minimum absolute atomic E-state index is 0.0314. The molecule has 3 amide bonds. The molecule has 0 bridgehead atoms. The molecule has 6 nitrogen and oxygen atoms in total. The van der Waals surface area contributed by atoms with Crippen LogP contribution < -0.4 is 5.32 Å². The molecule has 0 aromatic heterocycles. The van der Waals surface area contributed by atoms with E-state index in [4.69, 9.17) is 0 Å². The Morgan fingerprint density at radius 2 is 1.68 bits per heavy atom. The molecule has 2 aliphatic rings. The molecule has 2 aliphatic heterocycles. The van der Waals surface area contributed by atoms with Crippen LogP contribution in [-0.2, 0) is 6.54 Å². The molecule has 6 heteroatoms. The van der Waals surface area contributed by atoms with Crippen LogP contribution in [0.4, 0.5) is 0 Å². The highest BCUT2D eigenvalue weighted by molar-refractivity contribution is 6.21. The fourth-order valence-corrected chi connectivity index (χ4v) is 3.93. The second-order valence-electron chi connectivity index (χ2n) is 7.34. The van der Waals surface area contributed by atoms with Gasteiger partial charge in [-0.1, -0.05) is 24.3 Å². The van der Waals surface area contributed by atoms with Crippen molar-refractivity contribution < 1.29 is 14.4 Å². The summed E-state index contributed by atoms with van der Waals surface area (Å²) in [6, 6.07) is 14.3. The Kier molecular flexibility index (Phi) is 4.96. The summed E-state index contributed by atoms with van der Waals surface area (Å²) in [5, 5.41) is 3.31. The van der Waals surface area contributed by atoms with Gasteiger partial charge in [0.05, 0.1) is 17.7 Å². The summed E-state index contributed by atoms with van der Waals surface area (Å²) in [7, 11) is 1.84. The lowest BCUT2D eigenvalue weighted by atomic mass is 10.0. The van der Waals surface area contributed by atoms with Crippen LogP contribution in [-0.4, -0.2) is 53.7 Å². The van der Waals surface area contributed by atoms with E-state index in [9.17, 15) is 14.4 Å². The summed E-state index contributed by atoms with van der Waals surface area (Å²) < 4.78 is 0. The number of amides is 3. The molecule has 0 aliphatic carbocycles. The van der Waals surface area contributed by atoms with Crippen LogP contribution in [0, 0.1) is 0 Å². The van der Waals surface area contributed by atoms with Crippen molar-refractivity contribution in [3.63, 3.8) is 0 Å². The number of carbonyl (C=O) groups is 3. The van der Waals surface area contributed by atoms with Gasteiger partial charge in [-0.25, -0.2) is 0 Å². The third kappa shape index (κ3) is 3.31. The monoisotopic (exact) mass is 377 g/mol. The highest BCUT2D eigenvalue weighted by Gasteiger charge is 2.35. The van der Waals surface area contributed by atoms with Crippen molar-refractivity contribution in [2.45, 2.75) is 25.4 Å². The Labute approximate surface area is 164 Å². The van der Waals surface area contributed by atoms with Crippen molar-refractivity contribution in [3.05, 3.63) is 70.8 Å². The molecule has 2 aromatic rings. The Hall–Kier alpha value is -2.99. The SMILES string of the molecule is CN(C(=O)c1cccc(CN2C(=O)c3ccccc3C2=O)c1)C1CCNCC1. The predicted molar refractivity (Wildman–Crippen MR) is 105 cm³/mol. The summed E-state index contributed by atoms with van der Waals surface area (Å²) in [6.45, 7) is 1.99. The molecule has 0 atom stereocenters. The van der Waals surface area contributed by atoms with Crippen LogP contribution in [0.2, 0.25) is 0 Å². The summed E-state index contributed by atoms with van der Waals surface area (Å²) in [4.78, 5) is 41.1. The zero-order valence-corrected chi connectivity index (χ0v) is 15.9. The highest BCUT2D eigenvalue weighted by Crippen LogP contribution is 2.24. The Bertz CT molecular complexity index is 899. The zero-order valence-electron chi connectivity index (χ0n) is 15.9. The first-order valence-corrected chi connectivity index (χ1v) is 9.58. The first-order chi connectivity index (χ1) is 13.6. The minimum Gasteiger partial charge on any atom is -0.339 e. The summed E-state index contributed by atoms with van der Waals surface area (Å²) in [5.74, 6) is -0.607. The van der Waals surface area contributed by atoms with Crippen molar-refractivity contribution in [1.29, 1.82) is 0 Å². The van der Waals surface area contributed by atoms with Gasteiger partial charge >= 0.3 is 0 Å². The fourth-order valence-electron chi connectivity index (χ4n) is 3.93. The van der Waals surface area contributed by atoms with Crippen molar-refractivity contribution in [2.24, 2.45) is 0 Å². The lowest BCUT2D eigenvalue weighted by Crippen LogP contribution is -2.44. The fraction of sp³-hybridized carbons (Fsp3) is 0.318. The van der Waals surface area contributed by atoms with Crippen LogP contribution in [0.25, 0.3) is 0 Å². The largest absolute Gasteiger partial charge is 0.339 e. The molecule has 4 rings (SSSR count). The third-order valence-corrected chi connectivity index (χ3v) is 5.57. The van der Waals surface area contributed by atoms with Crippen molar-refractivity contribution >= 4 is 17.7 Å². The van der Waals surface area contributed by atoms with E-state index in [1.54, 1.807) is 42.5 Å². The van der Waals surface area contributed by atoms with Gasteiger partial charge in [-0.2, -0.15) is 0 Å². The Morgan fingerprint density at radius 1 is 1.04 bits per heavy atom. The average molecular weight is 377 g/mol. The zero-order chi connectivity index (χ0) is 19.7. The van der Waals surface area contributed by atoms with Gasteiger partial charge in [0, 0.05) is 18.7 Å². The lowest BCUT2D eigenvalue weighted by molar-refractivity contribution is 0.0642. The van der Waals surface area contributed by atoms with E-state index in [0.717, 1.165) is 31.5 Å². The molecule has 0 saturated carbocycles. The molecule has 0 unspecified atom stereocenters. The van der Waals surface area contributed by atoms with Crippen LogP contribution in [0.3, 0.4) is 0 Å². The minimum atomic E-state index is -0.288. The maximum absolute atomic E-state index is 12.9. The van der Waals surface area contributed by atoms with E-state index in [1.807, 2.05) is 18.0 Å². The normalized spacial score (nSPS) is 17.0. The van der Waals surface area contributed by atoms with Crippen molar-refractivity contribution in [2.75, 3.05) is 20.1 Å². The van der Waals surface area contributed by atoms with E-state index in [0.29, 0.717) is 16.7 Å². The van der Waals surface area contributed by atoms with Gasteiger partial charge in [0.15, 0.2) is 0 Å². The number of piperidine rings is 1. The smallest absolute Gasteiger partial charge is 0.261 e. The second-order valence-corrected chi connectivity index (χ2v) is 7.34. The van der Waals surface area contributed by atoms with E-state index in [-0.39, 0.29) is 30.3 Å². The molecule has 2 heterocycles. The highest BCUT2D eigenvalue weighted by atomic mass is 16.2. The molecule has 1 saturated heterocycles. The Balaban J connectivity index is 1.51. The lowest BCUT2D eigenvalue weighted by Gasteiger charge is -2.31. The van der Waals surface area contributed by atoms with Gasteiger partial charge in [-0.3, -0.25) is 19.3 Å². The molecular formula is C22H23N3O3. The van der Waals surface area contributed by atoms with Crippen LogP contribution in [0.15, 0.2) is 48.5 Å². The molecule has 144 valence electrons. The maximum Gasteiger partial charge on any atom is 0.261 e. The van der Waals surface area contributed by atoms with Gasteiger partial charge in [0.25, 0.3) is 17.7 Å². The van der Waals surface area contributed by atoms with Crippen molar-refractivity contribution in [3.8, 4) is 0 Å².